The number of rotatable bonds is 4. The number of hydrogen-bond donors (Lipinski definition) is 3. The molecular weight excluding hydrogens is 210 g/mol. The number of aliphatic carboxylic acids is 1. The Kier molecular flexibility index (Phi) is 2.41. The van der Waals surface area contributed by atoms with E-state index in [0.29, 0.717) is 12.8 Å². The molecule has 1 aromatic rings. The van der Waals surface area contributed by atoms with Gasteiger partial charge in [-0.3, -0.25) is 9.89 Å². The van der Waals surface area contributed by atoms with Crippen molar-refractivity contribution in [3.8, 4) is 0 Å². The maximum atomic E-state index is 11.7. The Morgan fingerprint density at radius 1 is 1.62 bits per heavy atom. The maximum Gasteiger partial charge on any atom is 0.329 e. The predicted octanol–water partition coefficient (Wildman–Crippen LogP) is 0.319. The summed E-state index contributed by atoms with van der Waals surface area (Å²) in [5.74, 6) is -1.41. The van der Waals surface area contributed by atoms with Gasteiger partial charge in [-0.1, -0.05) is 6.92 Å². The van der Waals surface area contributed by atoms with Crippen molar-refractivity contribution in [2.75, 3.05) is 0 Å². The topological polar surface area (TPSA) is 95.1 Å². The number of carboxylic acids is 1. The van der Waals surface area contributed by atoms with E-state index in [-0.39, 0.29) is 5.69 Å². The minimum Gasteiger partial charge on any atom is -0.480 e. The zero-order valence-electron chi connectivity index (χ0n) is 8.91. The summed E-state index contributed by atoms with van der Waals surface area (Å²) in [6.07, 6.45) is 1.72. The number of hydrogen-bond acceptors (Lipinski definition) is 3. The molecule has 3 N–H and O–H groups in total. The van der Waals surface area contributed by atoms with Crippen molar-refractivity contribution in [1.82, 2.24) is 15.5 Å². The van der Waals surface area contributed by atoms with Crippen LogP contribution in [-0.2, 0) is 11.2 Å². The van der Waals surface area contributed by atoms with Crippen molar-refractivity contribution in [1.29, 1.82) is 0 Å². The number of nitrogens with zero attached hydrogens (tertiary/aromatic N) is 1. The fraction of sp³-hybridized carbons (Fsp3) is 0.500. The molecule has 16 heavy (non-hydrogen) atoms. The molecule has 0 aromatic carbocycles. The molecule has 1 heterocycles. The van der Waals surface area contributed by atoms with Gasteiger partial charge in [-0.2, -0.15) is 5.10 Å². The van der Waals surface area contributed by atoms with Crippen LogP contribution in [0.5, 0.6) is 0 Å². The molecule has 0 atom stereocenters. The average Bonchev–Trinajstić information content (AvgIpc) is 2.88. The Balaban J connectivity index is 2.06. The Hall–Kier alpha value is -1.85. The average molecular weight is 223 g/mol. The fourth-order valence-corrected chi connectivity index (χ4v) is 1.46. The molecule has 1 saturated carbocycles. The number of nitrogens with one attached hydrogen (secondary N) is 2. The summed E-state index contributed by atoms with van der Waals surface area (Å²) in [6, 6.07) is 1.63. The molecule has 1 amide bonds. The molecule has 0 spiro atoms. The van der Waals surface area contributed by atoms with E-state index >= 15 is 0 Å². The third-order valence-electron chi connectivity index (χ3n) is 2.76. The first-order valence-corrected chi connectivity index (χ1v) is 5.17. The van der Waals surface area contributed by atoms with Crippen molar-refractivity contribution < 1.29 is 14.7 Å². The number of carbonyl (C=O) groups is 2. The second-order valence-electron chi connectivity index (χ2n) is 3.97. The molecule has 0 unspecified atom stereocenters. The van der Waals surface area contributed by atoms with Gasteiger partial charge >= 0.3 is 5.97 Å². The molecule has 0 bridgehead atoms. The highest BCUT2D eigenvalue weighted by molar-refractivity contribution is 5.97. The highest BCUT2D eigenvalue weighted by Crippen LogP contribution is 2.35. The first-order valence-electron chi connectivity index (χ1n) is 5.17. The van der Waals surface area contributed by atoms with Gasteiger partial charge in [0, 0.05) is 5.69 Å². The number of aromatic amines is 1. The zero-order valence-corrected chi connectivity index (χ0v) is 8.91. The normalized spacial score (nSPS) is 16.8. The van der Waals surface area contributed by atoms with Crippen molar-refractivity contribution in [3.63, 3.8) is 0 Å². The van der Waals surface area contributed by atoms with Crippen molar-refractivity contribution in [2.45, 2.75) is 31.7 Å². The SMILES string of the molecule is CCc1cc(C(=O)NC2(C(=O)O)CC2)n[nH]1. The fourth-order valence-electron chi connectivity index (χ4n) is 1.46. The van der Waals surface area contributed by atoms with Gasteiger partial charge in [-0.05, 0) is 25.3 Å². The molecule has 1 aromatic heterocycles. The molecule has 1 aliphatic carbocycles. The van der Waals surface area contributed by atoms with Gasteiger partial charge in [-0.25, -0.2) is 4.79 Å². The first-order chi connectivity index (χ1) is 7.57. The van der Waals surface area contributed by atoms with Crippen LogP contribution in [0.15, 0.2) is 6.07 Å². The van der Waals surface area contributed by atoms with Gasteiger partial charge in [0.2, 0.25) is 0 Å². The van der Waals surface area contributed by atoms with Gasteiger partial charge in [0.1, 0.15) is 11.2 Å². The van der Waals surface area contributed by atoms with Gasteiger partial charge in [-0.15, -0.1) is 0 Å². The molecule has 0 aliphatic heterocycles. The summed E-state index contributed by atoms with van der Waals surface area (Å²) in [4.78, 5) is 22.5. The molecule has 1 fully saturated rings. The maximum absolute atomic E-state index is 11.7. The summed E-state index contributed by atoms with van der Waals surface area (Å²) in [6.45, 7) is 1.94. The Labute approximate surface area is 92.0 Å². The van der Waals surface area contributed by atoms with E-state index in [1.807, 2.05) is 6.92 Å². The zero-order chi connectivity index (χ0) is 11.8. The standard InChI is InChI=1S/C10H13N3O3/c1-2-6-5-7(13-12-6)8(14)11-10(3-4-10)9(15)16/h5H,2-4H2,1H3,(H,11,14)(H,12,13)(H,15,16). The molecule has 2 rings (SSSR count). The lowest BCUT2D eigenvalue weighted by molar-refractivity contribution is -0.140. The van der Waals surface area contributed by atoms with E-state index in [0.717, 1.165) is 12.1 Å². The van der Waals surface area contributed by atoms with Crippen LogP contribution in [0.25, 0.3) is 0 Å². The van der Waals surface area contributed by atoms with Crippen LogP contribution in [-0.4, -0.2) is 32.7 Å². The van der Waals surface area contributed by atoms with Crippen LogP contribution in [0.3, 0.4) is 0 Å². The highest BCUT2D eigenvalue weighted by atomic mass is 16.4. The number of carboxylic acid groups (broad SMARTS) is 1. The Bertz CT molecular complexity index is 434. The van der Waals surface area contributed by atoms with Crippen LogP contribution >= 0.6 is 0 Å². The molecular formula is C10H13N3O3. The lowest BCUT2D eigenvalue weighted by Gasteiger charge is -2.10. The number of carbonyl (C=O) groups excluding carboxylic acids is 1. The lowest BCUT2D eigenvalue weighted by Crippen LogP contribution is -2.43. The molecule has 6 heteroatoms. The van der Waals surface area contributed by atoms with Crippen LogP contribution in [0.2, 0.25) is 0 Å². The molecule has 0 saturated heterocycles. The first kappa shape index (κ1) is 10.7. The largest absolute Gasteiger partial charge is 0.480 e. The number of aromatic nitrogens is 2. The Morgan fingerprint density at radius 2 is 2.31 bits per heavy atom. The van der Waals surface area contributed by atoms with Crippen molar-refractivity contribution >= 4 is 11.9 Å². The van der Waals surface area contributed by atoms with Crippen LogP contribution in [0.4, 0.5) is 0 Å². The highest BCUT2D eigenvalue weighted by Gasteiger charge is 2.51. The van der Waals surface area contributed by atoms with Crippen LogP contribution < -0.4 is 5.32 Å². The second kappa shape index (κ2) is 3.62. The number of H-pyrrole nitrogens is 1. The molecule has 86 valence electrons. The van der Waals surface area contributed by atoms with Gasteiger partial charge < -0.3 is 10.4 Å². The van der Waals surface area contributed by atoms with Gasteiger partial charge in [0.25, 0.3) is 5.91 Å². The van der Waals surface area contributed by atoms with Crippen molar-refractivity contribution in [3.05, 3.63) is 17.5 Å². The molecule has 6 nitrogen and oxygen atoms in total. The monoisotopic (exact) mass is 223 g/mol. The summed E-state index contributed by atoms with van der Waals surface area (Å²) < 4.78 is 0. The third kappa shape index (κ3) is 1.78. The summed E-state index contributed by atoms with van der Waals surface area (Å²) in [5, 5.41) is 17.9. The predicted molar refractivity (Wildman–Crippen MR) is 55.0 cm³/mol. The van der Waals surface area contributed by atoms with Crippen LogP contribution in [0, 0.1) is 0 Å². The van der Waals surface area contributed by atoms with E-state index in [1.165, 1.54) is 0 Å². The Morgan fingerprint density at radius 3 is 2.75 bits per heavy atom. The smallest absolute Gasteiger partial charge is 0.329 e. The van der Waals surface area contributed by atoms with E-state index in [1.54, 1.807) is 6.07 Å². The number of amides is 1. The van der Waals surface area contributed by atoms with E-state index in [9.17, 15) is 9.59 Å². The molecule has 1 aliphatic rings. The third-order valence-corrected chi connectivity index (χ3v) is 2.76. The van der Waals surface area contributed by atoms with E-state index in [2.05, 4.69) is 15.5 Å². The van der Waals surface area contributed by atoms with Gasteiger partial charge in [0.05, 0.1) is 0 Å². The van der Waals surface area contributed by atoms with E-state index < -0.39 is 17.4 Å². The van der Waals surface area contributed by atoms with Gasteiger partial charge in [0.15, 0.2) is 0 Å². The van der Waals surface area contributed by atoms with E-state index in [4.69, 9.17) is 5.11 Å². The minimum absolute atomic E-state index is 0.240. The minimum atomic E-state index is -1.05. The van der Waals surface area contributed by atoms with Crippen LogP contribution in [0.1, 0.15) is 35.9 Å². The summed E-state index contributed by atoms with van der Waals surface area (Å²) in [5.41, 5.74) is 0.0391. The van der Waals surface area contributed by atoms with Crippen molar-refractivity contribution in [2.24, 2.45) is 0 Å². The summed E-state index contributed by atoms with van der Waals surface area (Å²) >= 11 is 0. The lowest BCUT2D eigenvalue weighted by atomic mass is 10.2. The molecule has 0 radical (unpaired) electrons. The second-order valence-corrected chi connectivity index (χ2v) is 3.97. The number of aryl methyl sites for hydroxylation is 1. The summed E-state index contributed by atoms with van der Waals surface area (Å²) in [7, 11) is 0. The quantitative estimate of drug-likeness (QED) is 0.685.